The molecule has 3 aromatic rings. The fourth-order valence-corrected chi connectivity index (χ4v) is 10.5. The Bertz CT molecular complexity index is 1920. The summed E-state index contributed by atoms with van der Waals surface area (Å²) < 4.78 is 11.9. The van der Waals surface area contributed by atoms with Gasteiger partial charge < -0.3 is 40.1 Å². The number of nitrogens with zero attached hydrogens (tertiary/aromatic N) is 3. The first-order chi connectivity index (χ1) is 28.3. The van der Waals surface area contributed by atoms with Crippen molar-refractivity contribution in [3.8, 4) is 16.9 Å². The van der Waals surface area contributed by atoms with E-state index in [9.17, 15) is 19.8 Å². The minimum absolute atomic E-state index is 0.0310. The van der Waals surface area contributed by atoms with Crippen LogP contribution in [0.15, 0.2) is 66.7 Å². The molecule has 3 aliphatic carbocycles. The molecule has 2 bridgehead atoms. The lowest BCUT2D eigenvalue weighted by molar-refractivity contribution is -0.183. The highest BCUT2D eigenvalue weighted by molar-refractivity contribution is 5.97. The fraction of sp³-hybridized carbons (Fsp3) is 0.574. The predicted octanol–water partition coefficient (Wildman–Crippen LogP) is 4.76. The zero-order chi connectivity index (χ0) is 42.0. The number of hydroxylamine groups is 2. The molecule has 2 saturated heterocycles. The van der Waals surface area contributed by atoms with Crippen LogP contribution in [-0.4, -0.2) is 123 Å². The first-order valence-electron chi connectivity index (χ1n) is 21.4. The second-order valence-corrected chi connectivity index (χ2v) is 18.2. The summed E-state index contributed by atoms with van der Waals surface area (Å²) in [6, 6.07) is 21.1. The van der Waals surface area contributed by atoms with Crippen molar-refractivity contribution >= 4 is 17.5 Å². The molecule has 12 heteroatoms. The molecule has 4 N–H and O–H groups in total. The summed E-state index contributed by atoms with van der Waals surface area (Å²) in [5.74, 6) is 1.01. The Kier molecular flexibility index (Phi) is 13.4. The fourth-order valence-electron chi connectivity index (χ4n) is 10.5. The molecule has 3 aromatic carbocycles. The zero-order valence-electron chi connectivity index (χ0n) is 35.9. The predicted molar refractivity (Wildman–Crippen MR) is 229 cm³/mol. The SMILES string of the molecule is COc1c(CN2O[C@@H](CO)[C@@H]([C@H](C)O)[C@H]2C(=O)N[C@H]2C[C@@H]3C[C@H]([C@@H]2C)C3(C)C)cccc1-c1cc(C(=O)N[C@@H](Cc2ccccc2)CN(C)C)cc(N2CCOCC2)c1. The van der Waals surface area contributed by atoms with E-state index < -0.39 is 24.2 Å². The van der Waals surface area contributed by atoms with E-state index in [0.29, 0.717) is 68.3 Å². The molecule has 5 aliphatic rings. The topological polar surface area (TPSA) is 136 Å². The van der Waals surface area contributed by atoms with Crippen LogP contribution in [0.5, 0.6) is 5.75 Å². The third-order valence-corrected chi connectivity index (χ3v) is 13.8. The number of carbonyl (C=O) groups excluding carboxylic acids is 2. The summed E-state index contributed by atoms with van der Waals surface area (Å²) in [5, 5.41) is 29.8. The Labute approximate surface area is 350 Å². The normalized spacial score (nSPS) is 27.5. The number of para-hydroxylation sites is 1. The van der Waals surface area contributed by atoms with E-state index in [-0.39, 0.29) is 42.5 Å². The summed E-state index contributed by atoms with van der Waals surface area (Å²) >= 11 is 0. The lowest BCUT2D eigenvalue weighted by Crippen LogP contribution is -2.62. The van der Waals surface area contributed by atoms with Gasteiger partial charge in [-0.25, -0.2) is 0 Å². The van der Waals surface area contributed by atoms with Crippen molar-refractivity contribution in [1.82, 2.24) is 20.6 Å². The van der Waals surface area contributed by atoms with Crippen LogP contribution in [0.4, 0.5) is 5.69 Å². The highest BCUT2D eigenvalue weighted by atomic mass is 16.7. The van der Waals surface area contributed by atoms with Gasteiger partial charge in [0.05, 0.1) is 39.6 Å². The first-order valence-corrected chi connectivity index (χ1v) is 21.4. The lowest BCUT2D eigenvalue weighted by atomic mass is 9.45. The molecule has 12 nitrogen and oxygen atoms in total. The van der Waals surface area contributed by atoms with Gasteiger partial charge in [0.2, 0.25) is 5.91 Å². The minimum atomic E-state index is -0.908. The summed E-state index contributed by atoms with van der Waals surface area (Å²) in [5.41, 5.74) is 5.24. The molecule has 0 spiro atoms. The maximum atomic E-state index is 14.4. The van der Waals surface area contributed by atoms with Gasteiger partial charge in [0, 0.05) is 60.0 Å². The van der Waals surface area contributed by atoms with Gasteiger partial charge in [0.1, 0.15) is 17.9 Å². The van der Waals surface area contributed by atoms with E-state index in [1.54, 1.807) is 19.1 Å². The van der Waals surface area contributed by atoms with E-state index >= 15 is 0 Å². The number of fused-ring (bicyclic) bond motifs is 2. The number of likely N-dealkylation sites (N-methyl/N-ethyl adjacent to an activating group) is 1. The van der Waals surface area contributed by atoms with Crippen molar-refractivity contribution in [2.75, 3.05) is 65.6 Å². The third-order valence-electron chi connectivity index (χ3n) is 13.8. The molecular weight excluding hydrogens is 747 g/mol. The Hall–Kier alpha value is -4.04. The number of aliphatic hydroxyl groups is 2. The number of hydrogen-bond acceptors (Lipinski definition) is 10. The van der Waals surface area contributed by atoms with Crippen molar-refractivity contribution in [1.29, 1.82) is 0 Å². The molecule has 5 fully saturated rings. The van der Waals surface area contributed by atoms with E-state index in [0.717, 1.165) is 34.4 Å². The average molecular weight is 812 g/mol. The largest absolute Gasteiger partial charge is 0.496 e. The van der Waals surface area contributed by atoms with Crippen LogP contribution in [0.1, 0.15) is 62.0 Å². The molecule has 2 aliphatic heterocycles. The standard InChI is InChI=1S/C47H65N5O7/c1-29-39-24-35(47(39,3)4)25-40(29)49-46(56)43-42(30(2)54)41(28-53)59-52(43)26-32-14-11-15-38(44(32)57-7)33-21-34(23-37(22-33)51-16-18-58-19-17-51)45(55)48-36(27-50(5)6)20-31-12-9-8-10-13-31/h8-15,21-23,29-30,35-36,39-43,53-54H,16-20,24-28H2,1-7H3,(H,48,55)(H,49,56)/t29-,30-,35-,36-,39+,40-,41-,42+,43-/m0/s1. The van der Waals surface area contributed by atoms with Crippen molar-refractivity contribution in [3.63, 3.8) is 0 Å². The highest BCUT2D eigenvalue weighted by Gasteiger charge is 2.57. The molecular formula is C47H65N5O7. The number of aliphatic hydroxyl groups excluding tert-OH is 2. The maximum Gasteiger partial charge on any atom is 0.251 e. The van der Waals surface area contributed by atoms with Gasteiger partial charge in [0.15, 0.2) is 0 Å². The van der Waals surface area contributed by atoms with E-state index in [2.05, 4.69) is 59.4 Å². The summed E-state index contributed by atoms with van der Waals surface area (Å²) in [6.07, 6.45) is 1.15. The van der Waals surface area contributed by atoms with Gasteiger partial charge in [0.25, 0.3) is 5.91 Å². The number of ether oxygens (including phenoxy) is 2. The molecule has 0 unspecified atom stereocenters. The zero-order valence-corrected chi connectivity index (χ0v) is 35.9. The number of rotatable bonds is 15. The van der Waals surface area contributed by atoms with Crippen molar-refractivity contribution in [2.45, 2.75) is 83.8 Å². The number of hydrogen-bond donors (Lipinski definition) is 4. The Morgan fingerprint density at radius 1 is 1.03 bits per heavy atom. The number of morpholine rings is 1. The van der Waals surface area contributed by atoms with Crippen molar-refractivity contribution < 1.29 is 34.1 Å². The first kappa shape index (κ1) is 43.1. The van der Waals surface area contributed by atoms with Gasteiger partial charge in [-0.1, -0.05) is 69.3 Å². The van der Waals surface area contributed by atoms with Crippen LogP contribution < -0.4 is 20.3 Å². The van der Waals surface area contributed by atoms with Gasteiger partial charge in [-0.15, -0.1) is 0 Å². The van der Waals surface area contributed by atoms with Crippen LogP contribution >= 0.6 is 0 Å². The van der Waals surface area contributed by atoms with Gasteiger partial charge >= 0.3 is 0 Å². The maximum absolute atomic E-state index is 14.4. The van der Waals surface area contributed by atoms with Crippen molar-refractivity contribution in [3.05, 3.63) is 83.4 Å². The monoisotopic (exact) mass is 811 g/mol. The molecule has 2 heterocycles. The Morgan fingerprint density at radius 2 is 1.78 bits per heavy atom. The second-order valence-electron chi connectivity index (χ2n) is 18.2. The number of amides is 2. The lowest BCUT2D eigenvalue weighted by Gasteiger charge is -2.62. The summed E-state index contributed by atoms with van der Waals surface area (Å²) in [7, 11) is 5.64. The smallest absolute Gasteiger partial charge is 0.251 e. The van der Waals surface area contributed by atoms with E-state index in [1.807, 2.05) is 62.6 Å². The van der Waals surface area contributed by atoms with E-state index in [4.69, 9.17) is 14.3 Å². The molecule has 320 valence electrons. The molecule has 8 rings (SSSR count). The van der Waals surface area contributed by atoms with Crippen LogP contribution in [0.25, 0.3) is 11.1 Å². The molecule has 2 amide bonds. The average Bonchev–Trinajstić information content (AvgIpc) is 3.60. The summed E-state index contributed by atoms with van der Waals surface area (Å²) in [6.45, 7) is 11.7. The van der Waals surface area contributed by atoms with Gasteiger partial charge in [-0.05, 0) is 92.8 Å². The quantitative estimate of drug-likeness (QED) is 0.170. The van der Waals surface area contributed by atoms with E-state index in [1.165, 1.54) is 6.42 Å². The highest BCUT2D eigenvalue weighted by Crippen LogP contribution is 2.61. The second kappa shape index (κ2) is 18.3. The Morgan fingerprint density at radius 3 is 2.42 bits per heavy atom. The molecule has 3 saturated carbocycles. The van der Waals surface area contributed by atoms with Crippen LogP contribution in [0, 0.1) is 29.1 Å². The molecule has 9 atom stereocenters. The molecule has 0 radical (unpaired) electrons. The van der Waals surface area contributed by atoms with Crippen LogP contribution in [0.3, 0.4) is 0 Å². The molecule has 0 aromatic heterocycles. The summed E-state index contributed by atoms with van der Waals surface area (Å²) in [4.78, 5) is 39.3. The number of anilines is 1. The van der Waals surface area contributed by atoms with Crippen LogP contribution in [-0.2, 0) is 27.3 Å². The minimum Gasteiger partial charge on any atom is -0.496 e. The number of benzene rings is 3. The van der Waals surface area contributed by atoms with Crippen LogP contribution in [0.2, 0.25) is 0 Å². The van der Waals surface area contributed by atoms with Gasteiger partial charge in [-0.2, -0.15) is 5.06 Å². The molecule has 59 heavy (non-hydrogen) atoms. The number of nitrogens with one attached hydrogen (secondary N) is 2. The third kappa shape index (κ3) is 9.18. The van der Waals surface area contributed by atoms with Crippen molar-refractivity contribution in [2.24, 2.45) is 29.1 Å². The number of carbonyl (C=O) groups is 2. The number of methoxy groups -OCH3 is 1. The Balaban J connectivity index is 1.19. The van der Waals surface area contributed by atoms with Gasteiger partial charge in [-0.3, -0.25) is 14.4 Å².